The van der Waals surface area contributed by atoms with Crippen molar-refractivity contribution < 1.29 is 4.79 Å². The number of hydrogen-bond acceptors (Lipinski definition) is 4. The number of amides is 1. The lowest BCUT2D eigenvalue weighted by molar-refractivity contribution is -0.113. The fourth-order valence-electron chi connectivity index (χ4n) is 2.15. The van der Waals surface area contributed by atoms with Crippen molar-refractivity contribution in [1.29, 1.82) is 5.26 Å². The second-order valence-electron chi connectivity index (χ2n) is 5.54. The van der Waals surface area contributed by atoms with Crippen molar-refractivity contribution in [2.75, 3.05) is 11.1 Å². The number of anilines is 1. The summed E-state index contributed by atoms with van der Waals surface area (Å²) in [6.45, 7) is 7.66. The number of halogens is 1. The van der Waals surface area contributed by atoms with Crippen molar-refractivity contribution in [3.63, 3.8) is 0 Å². The summed E-state index contributed by atoms with van der Waals surface area (Å²) in [4.78, 5) is 16.6. The van der Waals surface area contributed by atoms with Crippen LogP contribution in [0.15, 0.2) is 23.2 Å². The summed E-state index contributed by atoms with van der Waals surface area (Å²) < 4.78 is 0. The first kappa shape index (κ1) is 18.3. The van der Waals surface area contributed by atoms with Crippen molar-refractivity contribution in [3.05, 3.63) is 51.2 Å². The summed E-state index contributed by atoms with van der Waals surface area (Å²) in [7, 11) is 0. The molecule has 2 rings (SSSR count). The van der Waals surface area contributed by atoms with Crippen molar-refractivity contribution in [1.82, 2.24) is 4.98 Å². The van der Waals surface area contributed by atoms with Gasteiger partial charge in [-0.05, 0) is 56.5 Å². The number of rotatable bonds is 4. The quantitative estimate of drug-likeness (QED) is 0.812. The van der Waals surface area contributed by atoms with Gasteiger partial charge in [-0.2, -0.15) is 5.26 Å². The van der Waals surface area contributed by atoms with Crippen LogP contribution in [-0.4, -0.2) is 16.6 Å². The van der Waals surface area contributed by atoms with Crippen molar-refractivity contribution in [3.8, 4) is 6.07 Å². The molecular formula is C18H18ClN3OS. The van der Waals surface area contributed by atoms with Crippen LogP contribution in [0.1, 0.15) is 27.9 Å². The number of thioether (sulfide) groups is 1. The number of benzene rings is 1. The highest BCUT2D eigenvalue weighted by molar-refractivity contribution is 8.00. The number of nitrogens with zero attached hydrogens (tertiary/aromatic N) is 2. The van der Waals surface area contributed by atoms with Gasteiger partial charge in [-0.1, -0.05) is 29.4 Å². The number of carbonyl (C=O) groups is 1. The molecule has 0 unspecified atom stereocenters. The van der Waals surface area contributed by atoms with Crippen LogP contribution >= 0.6 is 23.4 Å². The van der Waals surface area contributed by atoms with E-state index in [4.69, 9.17) is 11.6 Å². The van der Waals surface area contributed by atoms with Gasteiger partial charge in [-0.15, -0.1) is 0 Å². The van der Waals surface area contributed by atoms with E-state index in [-0.39, 0.29) is 11.7 Å². The van der Waals surface area contributed by atoms with Gasteiger partial charge in [0.2, 0.25) is 5.91 Å². The molecule has 0 saturated heterocycles. The number of nitriles is 1. The first-order valence-electron chi connectivity index (χ1n) is 7.40. The van der Waals surface area contributed by atoms with Crippen LogP contribution < -0.4 is 5.32 Å². The van der Waals surface area contributed by atoms with Gasteiger partial charge in [-0.3, -0.25) is 4.79 Å². The number of nitrogens with one attached hydrogen (secondary N) is 1. The third-order valence-electron chi connectivity index (χ3n) is 3.87. The number of aryl methyl sites for hydroxylation is 2. The Kier molecular flexibility index (Phi) is 5.87. The smallest absolute Gasteiger partial charge is 0.234 e. The van der Waals surface area contributed by atoms with Crippen molar-refractivity contribution in [2.45, 2.75) is 32.7 Å². The van der Waals surface area contributed by atoms with Gasteiger partial charge in [0.05, 0.1) is 11.3 Å². The molecule has 0 saturated carbocycles. The van der Waals surface area contributed by atoms with E-state index in [2.05, 4.69) is 16.4 Å². The van der Waals surface area contributed by atoms with Gasteiger partial charge in [0, 0.05) is 16.4 Å². The number of aromatic nitrogens is 1. The molecule has 0 aliphatic heterocycles. The van der Waals surface area contributed by atoms with E-state index in [9.17, 15) is 10.1 Å². The lowest BCUT2D eigenvalue weighted by atomic mass is 10.1. The maximum Gasteiger partial charge on any atom is 0.234 e. The van der Waals surface area contributed by atoms with E-state index < -0.39 is 0 Å². The molecule has 0 bridgehead atoms. The molecule has 1 N–H and O–H groups in total. The van der Waals surface area contributed by atoms with Gasteiger partial charge < -0.3 is 5.32 Å². The zero-order valence-electron chi connectivity index (χ0n) is 14.0. The molecule has 1 aromatic carbocycles. The Balaban J connectivity index is 2.09. The SMILES string of the molecule is Cc1ccc(NC(=O)CSc2nc(C)c(C)c(C)c2C#N)cc1Cl. The largest absolute Gasteiger partial charge is 0.325 e. The molecule has 0 atom stereocenters. The minimum Gasteiger partial charge on any atom is -0.325 e. The summed E-state index contributed by atoms with van der Waals surface area (Å²) in [5, 5.41) is 13.4. The molecule has 6 heteroatoms. The molecule has 124 valence electrons. The van der Waals surface area contributed by atoms with Crippen LogP contribution in [0.25, 0.3) is 0 Å². The summed E-state index contributed by atoms with van der Waals surface area (Å²) >= 11 is 7.32. The third-order valence-corrected chi connectivity index (χ3v) is 5.25. The normalized spacial score (nSPS) is 10.3. The molecular weight excluding hydrogens is 342 g/mol. The van der Waals surface area contributed by atoms with Crippen molar-refractivity contribution in [2.24, 2.45) is 0 Å². The molecule has 1 aromatic heterocycles. The summed E-state index contributed by atoms with van der Waals surface area (Å²) in [6, 6.07) is 7.57. The zero-order chi connectivity index (χ0) is 17.9. The Labute approximate surface area is 151 Å². The van der Waals surface area contributed by atoms with Gasteiger partial charge in [0.25, 0.3) is 0 Å². The third kappa shape index (κ3) is 4.08. The van der Waals surface area contributed by atoms with Crippen LogP contribution in [0, 0.1) is 39.0 Å². The van der Waals surface area contributed by atoms with Gasteiger partial charge >= 0.3 is 0 Å². The maximum absolute atomic E-state index is 12.1. The van der Waals surface area contributed by atoms with Crippen LogP contribution in [0.2, 0.25) is 5.02 Å². The summed E-state index contributed by atoms with van der Waals surface area (Å²) in [5.74, 6) is 0.0104. The number of carbonyl (C=O) groups excluding carboxylic acids is 1. The van der Waals surface area contributed by atoms with Gasteiger partial charge in [-0.25, -0.2) is 4.98 Å². The maximum atomic E-state index is 12.1. The minimum absolute atomic E-state index is 0.165. The minimum atomic E-state index is -0.165. The molecule has 0 aliphatic carbocycles. The zero-order valence-corrected chi connectivity index (χ0v) is 15.6. The topological polar surface area (TPSA) is 65.8 Å². The Morgan fingerprint density at radius 1 is 1.29 bits per heavy atom. The Bertz CT molecular complexity index is 843. The molecule has 0 radical (unpaired) electrons. The molecule has 1 heterocycles. The molecule has 0 fully saturated rings. The predicted molar refractivity (Wildman–Crippen MR) is 98.7 cm³/mol. The lowest BCUT2D eigenvalue weighted by Crippen LogP contribution is -2.14. The second kappa shape index (κ2) is 7.69. The van der Waals surface area contributed by atoms with E-state index in [1.54, 1.807) is 6.07 Å². The monoisotopic (exact) mass is 359 g/mol. The molecule has 4 nitrogen and oxygen atoms in total. The predicted octanol–water partition coefficient (Wildman–Crippen LogP) is 4.57. The summed E-state index contributed by atoms with van der Waals surface area (Å²) in [5.41, 5.74) is 4.94. The average molecular weight is 360 g/mol. The standard InChI is InChI=1S/C18H18ClN3OS/c1-10-5-6-14(7-16(10)19)22-17(23)9-24-18-15(8-20)12(3)11(2)13(4)21-18/h5-7H,9H2,1-4H3,(H,22,23). The molecule has 2 aromatic rings. The average Bonchev–Trinajstić information content (AvgIpc) is 2.54. The molecule has 0 spiro atoms. The highest BCUT2D eigenvalue weighted by atomic mass is 35.5. The van der Waals surface area contributed by atoms with E-state index in [1.165, 1.54) is 11.8 Å². The van der Waals surface area contributed by atoms with E-state index in [1.807, 2.05) is 39.8 Å². The number of pyridine rings is 1. The first-order valence-corrected chi connectivity index (χ1v) is 8.76. The van der Waals surface area contributed by atoms with Crippen LogP contribution in [0.4, 0.5) is 5.69 Å². The second-order valence-corrected chi connectivity index (χ2v) is 6.91. The van der Waals surface area contributed by atoms with Gasteiger partial charge in [0.15, 0.2) is 0 Å². The highest BCUT2D eigenvalue weighted by Gasteiger charge is 2.14. The Morgan fingerprint density at radius 3 is 2.62 bits per heavy atom. The van der Waals surface area contributed by atoms with Gasteiger partial charge in [0.1, 0.15) is 11.1 Å². The van der Waals surface area contributed by atoms with E-state index >= 15 is 0 Å². The van der Waals surface area contributed by atoms with Crippen LogP contribution in [-0.2, 0) is 4.79 Å². The fourth-order valence-corrected chi connectivity index (χ4v) is 3.21. The van der Waals surface area contributed by atoms with Crippen LogP contribution in [0.5, 0.6) is 0 Å². The molecule has 24 heavy (non-hydrogen) atoms. The Morgan fingerprint density at radius 2 is 2.00 bits per heavy atom. The number of hydrogen-bond donors (Lipinski definition) is 1. The lowest BCUT2D eigenvalue weighted by Gasteiger charge is -2.11. The van der Waals surface area contributed by atoms with E-state index in [0.29, 0.717) is 21.3 Å². The molecule has 0 aliphatic rings. The molecule has 1 amide bonds. The fraction of sp³-hybridized carbons (Fsp3) is 0.278. The highest BCUT2D eigenvalue weighted by Crippen LogP contribution is 2.26. The van der Waals surface area contributed by atoms with Crippen LogP contribution in [0.3, 0.4) is 0 Å². The Hall–Kier alpha value is -2.03. The summed E-state index contributed by atoms with van der Waals surface area (Å²) in [6.07, 6.45) is 0. The van der Waals surface area contributed by atoms with Crippen molar-refractivity contribution >= 4 is 35.0 Å². The first-order chi connectivity index (χ1) is 11.3. The van der Waals surface area contributed by atoms with E-state index in [0.717, 1.165) is 22.4 Å².